The minimum Gasteiger partial charge on any atom is -0.497 e. The Balaban J connectivity index is 1.66. The maximum Gasteiger partial charge on any atom is 0.164 e. The highest BCUT2D eigenvalue weighted by Crippen LogP contribution is 2.40. The molecule has 2 aromatic heterocycles. The maximum absolute atomic E-state index is 6.39. The molecule has 160 valence electrons. The number of rotatable bonds is 9. The van der Waals surface area contributed by atoms with Crippen molar-refractivity contribution in [3.63, 3.8) is 0 Å². The molecule has 0 bridgehead atoms. The van der Waals surface area contributed by atoms with Crippen molar-refractivity contribution in [2.75, 3.05) is 7.11 Å². The summed E-state index contributed by atoms with van der Waals surface area (Å²) < 4.78 is 14.0. The van der Waals surface area contributed by atoms with Gasteiger partial charge in [0.2, 0.25) is 0 Å². The number of hydrogen-bond donors (Lipinski definition) is 0. The minimum absolute atomic E-state index is 0.110. The Morgan fingerprint density at radius 2 is 1.90 bits per heavy atom. The van der Waals surface area contributed by atoms with E-state index in [1.807, 2.05) is 23.5 Å². The van der Waals surface area contributed by atoms with E-state index in [1.54, 1.807) is 7.11 Å². The minimum atomic E-state index is -0.110. The second kappa shape index (κ2) is 9.75. The number of benzene rings is 1. The normalized spacial score (nSPS) is 15.5. The third-order valence-corrected chi connectivity index (χ3v) is 7.00. The summed E-state index contributed by atoms with van der Waals surface area (Å²) in [4.78, 5) is 1.36. The summed E-state index contributed by atoms with van der Waals surface area (Å²) in [6.07, 6.45) is 8.14. The molecule has 6 heteroatoms. The smallest absolute Gasteiger partial charge is 0.164 e. The molecular weight excluding hydrogens is 394 g/mol. The number of ether oxygens (including phenoxy) is 2. The van der Waals surface area contributed by atoms with Crippen LogP contribution in [0.25, 0.3) is 5.00 Å². The monoisotopic (exact) mass is 425 g/mol. The maximum atomic E-state index is 6.39. The molecule has 0 saturated carbocycles. The highest BCUT2D eigenvalue weighted by atomic mass is 32.1. The van der Waals surface area contributed by atoms with Gasteiger partial charge >= 0.3 is 0 Å². The standard InChI is InChI=1S/C24H31N3O2S/c1-4-6-7-8-9-10-21-25-26-22-16-29-23(17-11-13-18(28-3)14-12-17)20-15-19(5-2)30-24(20)27(21)22/h11-15,23H,4-10,16H2,1-3H3. The molecular formula is C24H31N3O2S. The first-order valence-corrected chi connectivity index (χ1v) is 11.9. The second-order valence-electron chi connectivity index (χ2n) is 7.82. The average molecular weight is 426 g/mol. The van der Waals surface area contributed by atoms with Gasteiger partial charge in [0.05, 0.1) is 7.11 Å². The lowest BCUT2D eigenvalue weighted by Crippen LogP contribution is -2.05. The number of unbranched alkanes of at least 4 members (excludes halogenated alkanes) is 4. The Bertz CT molecular complexity index is 961. The van der Waals surface area contributed by atoms with Gasteiger partial charge in [0, 0.05) is 16.9 Å². The number of fused-ring (bicyclic) bond motifs is 3. The predicted octanol–water partition coefficient (Wildman–Crippen LogP) is 6.03. The van der Waals surface area contributed by atoms with Gasteiger partial charge < -0.3 is 9.47 Å². The molecule has 4 rings (SSSR count). The van der Waals surface area contributed by atoms with Crippen molar-refractivity contribution in [1.82, 2.24) is 14.8 Å². The number of aromatic nitrogens is 3. The van der Waals surface area contributed by atoms with Gasteiger partial charge in [-0.2, -0.15) is 0 Å². The molecule has 0 radical (unpaired) electrons. The Labute approximate surface area is 183 Å². The summed E-state index contributed by atoms with van der Waals surface area (Å²) in [5.74, 6) is 2.82. The van der Waals surface area contributed by atoms with Gasteiger partial charge in [-0.15, -0.1) is 21.5 Å². The zero-order chi connectivity index (χ0) is 20.9. The first kappa shape index (κ1) is 21.1. The highest BCUT2D eigenvalue weighted by Gasteiger charge is 2.29. The Morgan fingerprint density at radius 3 is 2.63 bits per heavy atom. The van der Waals surface area contributed by atoms with Gasteiger partial charge in [-0.3, -0.25) is 4.57 Å². The predicted molar refractivity (Wildman–Crippen MR) is 121 cm³/mol. The van der Waals surface area contributed by atoms with E-state index in [2.05, 4.69) is 46.8 Å². The van der Waals surface area contributed by atoms with E-state index in [0.29, 0.717) is 6.61 Å². The average Bonchev–Trinajstić information content (AvgIpc) is 3.34. The van der Waals surface area contributed by atoms with Crippen molar-refractivity contribution in [3.05, 3.63) is 58.0 Å². The molecule has 1 aromatic carbocycles. The number of methoxy groups -OCH3 is 1. The van der Waals surface area contributed by atoms with E-state index >= 15 is 0 Å². The molecule has 3 heterocycles. The number of thiophene rings is 1. The van der Waals surface area contributed by atoms with E-state index in [1.165, 1.54) is 41.1 Å². The van der Waals surface area contributed by atoms with Crippen LogP contribution in [0.3, 0.4) is 0 Å². The molecule has 30 heavy (non-hydrogen) atoms. The highest BCUT2D eigenvalue weighted by molar-refractivity contribution is 7.14. The van der Waals surface area contributed by atoms with Gasteiger partial charge in [-0.25, -0.2) is 0 Å². The van der Waals surface area contributed by atoms with Crippen LogP contribution in [0, 0.1) is 0 Å². The van der Waals surface area contributed by atoms with Crippen LogP contribution in [0.4, 0.5) is 0 Å². The molecule has 0 fully saturated rings. The van der Waals surface area contributed by atoms with Gasteiger partial charge in [-0.05, 0) is 36.6 Å². The summed E-state index contributed by atoms with van der Waals surface area (Å²) in [7, 11) is 1.69. The molecule has 0 spiro atoms. The Morgan fingerprint density at radius 1 is 1.10 bits per heavy atom. The van der Waals surface area contributed by atoms with E-state index in [-0.39, 0.29) is 6.10 Å². The van der Waals surface area contributed by atoms with Gasteiger partial charge in [0.25, 0.3) is 0 Å². The fourth-order valence-corrected chi connectivity index (χ4v) is 5.18. The van der Waals surface area contributed by atoms with Crippen molar-refractivity contribution >= 4 is 11.3 Å². The van der Waals surface area contributed by atoms with Crippen molar-refractivity contribution in [1.29, 1.82) is 0 Å². The van der Waals surface area contributed by atoms with Crippen LogP contribution in [-0.2, 0) is 24.2 Å². The molecule has 1 aliphatic heterocycles. The quantitative estimate of drug-likeness (QED) is 0.393. The molecule has 0 amide bonds. The van der Waals surface area contributed by atoms with E-state index < -0.39 is 0 Å². The molecule has 5 nitrogen and oxygen atoms in total. The fourth-order valence-electron chi connectivity index (χ4n) is 4.02. The Hall–Kier alpha value is -2.18. The molecule has 0 aliphatic carbocycles. The van der Waals surface area contributed by atoms with Gasteiger partial charge in [0.15, 0.2) is 5.82 Å². The lowest BCUT2D eigenvalue weighted by molar-refractivity contribution is 0.0655. The molecule has 1 unspecified atom stereocenters. The molecule has 3 aromatic rings. The summed E-state index contributed by atoms with van der Waals surface area (Å²) >= 11 is 1.84. The summed E-state index contributed by atoms with van der Waals surface area (Å²) in [5.41, 5.74) is 2.35. The second-order valence-corrected chi connectivity index (χ2v) is 8.94. The largest absolute Gasteiger partial charge is 0.497 e. The third-order valence-electron chi connectivity index (χ3n) is 5.72. The number of aryl methyl sites for hydroxylation is 2. The molecule has 0 N–H and O–H groups in total. The lowest BCUT2D eigenvalue weighted by atomic mass is 10.0. The van der Waals surface area contributed by atoms with E-state index in [4.69, 9.17) is 9.47 Å². The summed E-state index contributed by atoms with van der Waals surface area (Å²) in [5, 5.41) is 10.2. The lowest BCUT2D eigenvalue weighted by Gasteiger charge is -2.16. The van der Waals surface area contributed by atoms with Crippen molar-refractivity contribution in [3.8, 4) is 10.8 Å². The van der Waals surface area contributed by atoms with Crippen molar-refractivity contribution in [2.24, 2.45) is 0 Å². The topological polar surface area (TPSA) is 49.2 Å². The van der Waals surface area contributed by atoms with Crippen LogP contribution in [0.1, 0.15) is 79.7 Å². The number of hydrogen-bond acceptors (Lipinski definition) is 5. The zero-order valence-corrected chi connectivity index (χ0v) is 19.0. The van der Waals surface area contributed by atoms with Crippen molar-refractivity contribution in [2.45, 2.75) is 71.5 Å². The third kappa shape index (κ3) is 4.30. The molecule has 1 atom stereocenters. The van der Waals surface area contributed by atoms with Crippen LogP contribution in [0.15, 0.2) is 30.3 Å². The van der Waals surface area contributed by atoms with Crippen LogP contribution in [-0.4, -0.2) is 21.9 Å². The van der Waals surface area contributed by atoms with E-state index in [9.17, 15) is 0 Å². The van der Waals surface area contributed by atoms with Gasteiger partial charge in [0.1, 0.15) is 29.3 Å². The van der Waals surface area contributed by atoms with Crippen molar-refractivity contribution < 1.29 is 9.47 Å². The van der Waals surface area contributed by atoms with Crippen LogP contribution >= 0.6 is 11.3 Å². The zero-order valence-electron chi connectivity index (χ0n) is 18.2. The SMILES string of the molecule is CCCCCCCc1nnc2n1-c1sc(CC)cc1C(c1ccc(OC)cc1)OC2. The number of nitrogens with zero attached hydrogens (tertiary/aromatic N) is 3. The molecule has 0 saturated heterocycles. The van der Waals surface area contributed by atoms with Crippen LogP contribution in [0.2, 0.25) is 0 Å². The summed E-state index contributed by atoms with van der Waals surface area (Å²) in [6, 6.07) is 10.5. The van der Waals surface area contributed by atoms with E-state index in [0.717, 1.165) is 42.2 Å². The van der Waals surface area contributed by atoms with Gasteiger partial charge in [-0.1, -0.05) is 51.7 Å². The van der Waals surface area contributed by atoms with Crippen LogP contribution in [0.5, 0.6) is 5.75 Å². The first-order chi connectivity index (χ1) is 14.7. The fraction of sp³-hybridized carbons (Fsp3) is 0.500. The Kier molecular flexibility index (Phi) is 6.85. The van der Waals surface area contributed by atoms with Crippen LogP contribution < -0.4 is 4.74 Å². The summed E-state index contributed by atoms with van der Waals surface area (Å²) in [6.45, 7) is 4.92. The first-order valence-electron chi connectivity index (χ1n) is 11.1. The molecule has 1 aliphatic rings.